The maximum atomic E-state index is 12.8. The van der Waals surface area contributed by atoms with Gasteiger partial charge in [0.15, 0.2) is 0 Å². The highest BCUT2D eigenvalue weighted by Gasteiger charge is 2.38. The summed E-state index contributed by atoms with van der Waals surface area (Å²) in [5.74, 6) is -3.05. The van der Waals surface area contributed by atoms with Gasteiger partial charge in [-0.2, -0.15) is 17.9 Å². The number of benzene rings is 3. The van der Waals surface area contributed by atoms with Crippen molar-refractivity contribution in [3.63, 3.8) is 0 Å². The van der Waals surface area contributed by atoms with E-state index in [-0.39, 0.29) is 16.6 Å². The summed E-state index contributed by atoms with van der Waals surface area (Å²) in [6.45, 7) is 0.794. The number of carboxylic acids is 1. The fourth-order valence-corrected chi connectivity index (χ4v) is 4.91. The molecule has 1 heterocycles. The van der Waals surface area contributed by atoms with Gasteiger partial charge in [0.05, 0.1) is 4.90 Å². The molecule has 3 aromatic rings. The van der Waals surface area contributed by atoms with E-state index in [0.29, 0.717) is 25.1 Å². The Morgan fingerprint density at radius 1 is 1.08 bits per heavy atom. The third-order valence-electron chi connectivity index (χ3n) is 5.48. The number of amides is 1. The van der Waals surface area contributed by atoms with E-state index in [1.54, 1.807) is 41.3 Å². The number of carbonyl (C=O) groups is 2. The molecule has 13 heteroatoms. The number of sulfonamides is 1. The van der Waals surface area contributed by atoms with Gasteiger partial charge in [-0.3, -0.25) is 10.2 Å². The van der Waals surface area contributed by atoms with Crippen molar-refractivity contribution in [2.24, 2.45) is 5.73 Å². The van der Waals surface area contributed by atoms with E-state index < -0.39 is 28.2 Å². The number of fused-ring (bicyclic) bond motifs is 1. The molecule has 1 saturated heterocycles. The third kappa shape index (κ3) is 7.05. The molecule has 0 aliphatic carbocycles. The number of hydrogen-bond donors (Lipinski definition) is 4. The molecule has 3 aromatic carbocycles. The number of alkyl halides is 3. The molecule has 1 atom stereocenters. The van der Waals surface area contributed by atoms with Crippen LogP contribution in [0.2, 0.25) is 0 Å². The highest BCUT2D eigenvalue weighted by molar-refractivity contribution is 7.89. The van der Waals surface area contributed by atoms with Gasteiger partial charge >= 0.3 is 12.1 Å². The van der Waals surface area contributed by atoms with Crippen molar-refractivity contribution in [1.82, 2.24) is 9.62 Å². The molecule has 37 heavy (non-hydrogen) atoms. The van der Waals surface area contributed by atoms with Crippen LogP contribution in [-0.2, 0) is 26.2 Å². The van der Waals surface area contributed by atoms with Gasteiger partial charge in [-0.15, -0.1) is 0 Å². The van der Waals surface area contributed by atoms with Gasteiger partial charge in [-0.25, -0.2) is 13.2 Å². The first-order valence-electron chi connectivity index (χ1n) is 10.8. The molecule has 9 nitrogen and oxygen atoms in total. The number of carboxylic acid groups (broad SMARTS) is 1. The number of rotatable bonds is 6. The maximum absolute atomic E-state index is 12.8. The number of aliphatic carboxylic acids is 1. The fourth-order valence-electron chi connectivity index (χ4n) is 3.65. The topological polar surface area (TPSA) is 154 Å². The van der Waals surface area contributed by atoms with E-state index >= 15 is 0 Å². The Morgan fingerprint density at radius 3 is 2.35 bits per heavy atom. The molecular weight excluding hydrogens is 513 g/mol. The second-order valence-corrected chi connectivity index (χ2v) is 9.86. The number of nitrogen functional groups attached to an aromatic ring is 1. The lowest BCUT2D eigenvalue weighted by Crippen LogP contribution is -2.41. The molecule has 1 aliphatic heterocycles. The van der Waals surface area contributed by atoms with E-state index in [9.17, 15) is 26.4 Å². The first-order valence-corrected chi connectivity index (χ1v) is 12.3. The second-order valence-electron chi connectivity index (χ2n) is 8.15. The zero-order valence-electron chi connectivity index (χ0n) is 19.2. The molecule has 1 amide bonds. The summed E-state index contributed by atoms with van der Waals surface area (Å²) in [7, 11) is -3.82. The summed E-state index contributed by atoms with van der Waals surface area (Å²) in [4.78, 5) is 23.4. The summed E-state index contributed by atoms with van der Waals surface area (Å²) >= 11 is 0. The van der Waals surface area contributed by atoms with E-state index in [0.717, 1.165) is 16.3 Å². The number of carbonyl (C=O) groups excluding carboxylic acids is 1. The van der Waals surface area contributed by atoms with Gasteiger partial charge in [-0.1, -0.05) is 48.5 Å². The van der Waals surface area contributed by atoms with Crippen LogP contribution in [0.4, 0.5) is 13.2 Å². The highest BCUT2D eigenvalue weighted by atomic mass is 32.2. The Kier molecular flexibility index (Phi) is 8.18. The average Bonchev–Trinajstić information content (AvgIpc) is 3.17. The predicted octanol–water partition coefficient (Wildman–Crippen LogP) is 2.84. The lowest BCUT2D eigenvalue weighted by atomic mass is 10.1. The minimum absolute atomic E-state index is 0.0365. The van der Waals surface area contributed by atoms with Gasteiger partial charge in [0.1, 0.15) is 11.9 Å². The Morgan fingerprint density at radius 2 is 1.73 bits per heavy atom. The van der Waals surface area contributed by atoms with Gasteiger partial charge in [-0.05, 0) is 41.0 Å². The van der Waals surface area contributed by atoms with Gasteiger partial charge in [0.25, 0.3) is 0 Å². The molecule has 0 bridgehead atoms. The summed E-state index contributed by atoms with van der Waals surface area (Å²) < 4.78 is 60.0. The minimum atomic E-state index is -5.08. The van der Waals surface area contributed by atoms with Crippen molar-refractivity contribution in [1.29, 1.82) is 5.41 Å². The molecule has 5 N–H and O–H groups in total. The molecule has 0 radical (unpaired) electrons. The molecule has 1 aliphatic rings. The Labute approximate surface area is 210 Å². The summed E-state index contributed by atoms with van der Waals surface area (Å²) in [6.07, 6.45) is -4.68. The number of halogens is 3. The first-order chi connectivity index (χ1) is 17.3. The molecule has 1 fully saturated rings. The Bertz CT molecular complexity index is 1440. The molecular formula is C24H23F3N4O5S. The number of nitrogens with two attached hydrogens (primary N) is 1. The van der Waals surface area contributed by atoms with Crippen LogP contribution in [-0.4, -0.2) is 54.9 Å². The van der Waals surface area contributed by atoms with Crippen molar-refractivity contribution >= 4 is 38.5 Å². The number of hydrogen-bond acceptors (Lipinski definition) is 5. The standard InChI is InChI=1S/C22H22N4O3S.C2HF3O2/c23-21(24)18-7-3-4-15(12-18)14-26-11-10-20(22(26)27)25-30(28,29)19-9-8-16-5-1-2-6-17(16)13-19;3-2(4,5)1(6)7/h1-9,12-13,20,25H,10-11,14H2,(H3,23,24);(H,6,7)/t20-;/m0./s1. The van der Waals surface area contributed by atoms with E-state index in [4.69, 9.17) is 21.0 Å². The maximum Gasteiger partial charge on any atom is 0.490 e. The van der Waals surface area contributed by atoms with Crippen molar-refractivity contribution in [2.45, 2.75) is 30.1 Å². The van der Waals surface area contributed by atoms with Crippen LogP contribution < -0.4 is 10.5 Å². The van der Waals surface area contributed by atoms with Crippen LogP contribution in [0.25, 0.3) is 10.8 Å². The van der Waals surface area contributed by atoms with Crippen molar-refractivity contribution in [2.75, 3.05) is 6.54 Å². The lowest BCUT2D eigenvalue weighted by molar-refractivity contribution is -0.192. The second kappa shape index (κ2) is 11.0. The minimum Gasteiger partial charge on any atom is -0.475 e. The molecule has 0 unspecified atom stereocenters. The number of likely N-dealkylation sites (tertiary alicyclic amines) is 1. The Hall–Kier alpha value is -3.97. The van der Waals surface area contributed by atoms with Crippen molar-refractivity contribution < 1.29 is 36.3 Å². The predicted molar refractivity (Wildman–Crippen MR) is 129 cm³/mol. The van der Waals surface area contributed by atoms with Gasteiger partial charge in [0, 0.05) is 18.7 Å². The monoisotopic (exact) mass is 536 g/mol. The number of nitrogens with one attached hydrogen (secondary N) is 2. The van der Waals surface area contributed by atoms with Crippen LogP contribution in [0.5, 0.6) is 0 Å². The van der Waals surface area contributed by atoms with Crippen LogP contribution in [0.1, 0.15) is 17.5 Å². The van der Waals surface area contributed by atoms with E-state index in [1.165, 1.54) is 0 Å². The lowest BCUT2D eigenvalue weighted by Gasteiger charge is -2.18. The van der Waals surface area contributed by atoms with Crippen LogP contribution in [0.3, 0.4) is 0 Å². The zero-order chi connectivity index (χ0) is 27.4. The number of amidine groups is 1. The molecule has 0 saturated carbocycles. The van der Waals surface area contributed by atoms with Crippen LogP contribution >= 0.6 is 0 Å². The largest absolute Gasteiger partial charge is 0.490 e. The normalized spacial score (nSPS) is 15.8. The average molecular weight is 537 g/mol. The summed E-state index contributed by atoms with van der Waals surface area (Å²) in [5, 5.41) is 16.4. The highest BCUT2D eigenvalue weighted by Crippen LogP contribution is 2.22. The fraction of sp³-hybridized carbons (Fsp3) is 0.208. The smallest absolute Gasteiger partial charge is 0.475 e. The van der Waals surface area contributed by atoms with Crippen LogP contribution in [0, 0.1) is 5.41 Å². The summed E-state index contributed by atoms with van der Waals surface area (Å²) in [5.41, 5.74) is 6.96. The Balaban J connectivity index is 0.000000479. The zero-order valence-corrected chi connectivity index (χ0v) is 20.0. The molecule has 0 aromatic heterocycles. The first kappa shape index (κ1) is 27.6. The SMILES string of the molecule is N=C(N)c1cccc(CN2CC[C@H](NS(=O)(=O)c3ccc4ccccc4c3)C2=O)c1.O=C(O)C(F)(F)F. The van der Waals surface area contributed by atoms with Gasteiger partial charge in [0.2, 0.25) is 15.9 Å². The van der Waals surface area contributed by atoms with Crippen molar-refractivity contribution in [3.05, 3.63) is 77.9 Å². The number of nitrogens with zero attached hydrogens (tertiary/aromatic N) is 1. The molecule has 196 valence electrons. The quantitative estimate of drug-likeness (QED) is 0.281. The van der Waals surface area contributed by atoms with Gasteiger partial charge < -0.3 is 15.7 Å². The summed E-state index contributed by atoms with van der Waals surface area (Å²) in [6, 6.07) is 18.8. The molecule has 0 spiro atoms. The van der Waals surface area contributed by atoms with E-state index in [2.05, 4.69) is 4.72 Å². The molecule has 4 rings (SSSR count). The third-order valence-corrected chi connectivity index (χ3v) is 6.95. The van der Waals surface area contributed by atoms with Crippen LogP contribution in [0.15, 0.2) is 71.6 Å². The van der Waals surface area contributed by atoms with Crippen molar-refractivity contribution in [3.8, 4) is 0 Å². The van der Waals surface area contributed by atoms with E-state index in [1.807, 2.05) is 30.3 Å².